The van der Waals surface area contributed by atoms with Gasteiger partial charge in [-0.15, -0.1) is 0 Å². The van der Waals surface area contributed by atoms with Gasteiger partial charge in [-0.1, -0.05) is 0 Å². The first-order valence-electron chi connectivity index (χ1n) is 6.03. The van der Waals surface area contributed by atoms with Gasteiger partial charge in [-0.25, -0.2) is 16.5 Å². The van der Waals surface area contributed by atoms with Crippen LogP contribution in [0, 0.1) is 0 Å². The molecule has 0 unspecified atom stereocenters. The Balaban J connectivity index is 2.41. The number of hydrazine groups is 2. The molecular formula is C10H16N6O5. The fourth-order valence-electron chi connectivity index (χ4n) is 1.57. The first-order valence-corrected chi connectivity index (χ1v) is 6.03. The normalized spacial score (nSPS) is 14.8. The van der Waals surface area contributed by atoms with Gasteiger partial charge in [-0.2, -0.15) is 0 Å². The van der Waals surface area contributed by atoms with Crippen LogP contribution in [0.4, 0.5) is 4.79 Å². The summed E-state index contributed by atoms with van der Waals surface area (Å²) in [5, 5.41) is 2.76. The number of hydrogen-bond donors (Lipinski definition) is 4. The molecule has 1 aliphatic heterocycles. The number of barbiturate groups is 1. The topological polar surface area (TPSA) is 168 Å². The van der Waals surface area contributed by atoms with Crippen molar-refractivity contribution in [2.24, 2.45) is 11.7 Å². The Bertz CT molecular complexity index is 459. The van der Waals surface area contributed by atoms with Crippen LogP contribution in [-0.2, 0) is 19.2 Å². The number of hydrogen-bond acceptors (Lipinski definition) is 7. The van der Waals surface area contributed by atoms with Gasteiger partial charge in [0.1, 0.15) is 6.42 Å². The van der Waals surface area contributed by atoms with E-state index in [4.69, 9.17) is 11.7 Å². The van der Waals surface area contributed by atoms with E-state index in [9.17, 15) is 24.0 Å². The van der Waals surface area contributed by atoms with Gasteiger partial charge in [-0.05, 0) is 0 Å². The van der Waals surface area contributed by atoms with Crippen LogP contribution in [0.25, 0.3) is 0 Å². The van der Waals surface area contributed by atoms with Crippen LogP contribution >= 0.6 is 0 Å². The Kier molecular flexibility index (Phi) is 5.75. The molecule has 1 aliphatic rings. The molecule has 11 heteroatoms. The van der Waals surface area contributed by atoms with Crippen LogP contribution in [0.2, 0.25) is 0 Å². The lowest BCUT2D eigenvalue weighted by atomic mass is 10.2. The van der Waals surface area contributed by atoms with E-state index in [1.54, 1.807) is 0 Å². The summed E-state index contributed by atoms with van der Waals surface area (Å²) in [4.78, 5) is 57.1. The maximum Gasteiger partial charge on any atom is 0.330 e. The number of urea groups is 1. The minimum atomic E-state index is -0.866. The van der Waals surface area contributed by atoms with Crippen molar-refractivity contribution in [2.75, 3.05) is 13.1 Å². The molecule has 116 valence electrons. The third-order valence-corrected chi connectivity index (χ3v) is 2.71. The number of nitrogens with two attached hydrogens (primary N) is 2. The van der Waals surface area contributed by atoms with Crippen molar-refractivity contribution in [3.8, 4) is 0 Å². The summed E-state index contributed by atoms with van der Waals surface area (Å²) >= 11 is 0. The highest BCUT2D eigenvalue weighted by molar-refractivity contribution is 6.14. The molecule has 0 aliphatic carbocycles. The largest absolute Gasteiger partial charge is 0.330 e. The minimum absolute atomic E-state index is 0.0551. The molecule has 1 heterocycles. The molecule has 0 aromatic rings. The van der Waals surface area contributed by atoms with E-state index in [2.05, 4.69) is 0 Å². The second-order valence-corrected chi connectivity index (χ2v) is 4.23. The average Bonchev–Trinajstić information content (AvgIpc) is 2.42. The van der Waals surface area contributed by atoms with Crippen molar-refractivity contribution < 1.29 is 24.0 Å². The van der Waals surface area contributed by atoms with E-state index < -0.39 is 36.1 Å². The van der Waals surface area contributed by atoms with Crippen molar-refractivity contribution >= 4 is 29.7 Å². The second kappa shape index (κ2) is 7.31. The number of carbonyl (C=O) groups excluding carboxylic acids is 5. The van der Waals surface area contributed by atoms with Crippen LogP contribution in [0.15, 0.2) is 0 Å². The number of imide groups is 2. The van der Waals surface area contributed by atoms with Crippen molar-refractivity contribution in [1.29, 1.82) is 0 Å². The molecule has 0 atom stereocenters. The third kappa shape index (κ3) is 4.81. The summed E-state index contributed by atoms with van der Waals surface area (Å²) in [5.74, 6) is 7.90. The molecule has 0 aromatic heterocycles. The summed E-state index contributed by atoms with van der Waals surface area (Å²) in [6.07, 6.45) is -0.729. The standard InChI is InChI=1S/C10H16N6O5/c11-14-6(17)1-4-16(12)8(19)2-3-15-9(20)5-7(18)13-10(15)21/h1-5,11-12H2,(H,14,17)(H,13,18,21). The van der Waals surface area contributed by atoms with Crippen LogP contribution in [-0.4, -0.2) is 52.7 Å². The van der Waals surface area contributed by atoms with E-state index in [-0.39, 0.29) is 25.9 Å². The predicted molar refractivity (Wildman–Crippen MR) is 67.3 cm³/mol. The number of carbonyl (C=O) groups is 5. The zero-order valence-corrected chi connectivity index (χ0v) is 11.1. The summed E-state index contributed by atoms with van der Waals surface area (Å²) in [7, 11) is 0. The highest BCUT2D eigenvalue weighted by Crippen LogP contribution is 2.04. The van der Waals surface area contributed by atoms with Crippen LogP contribution in [0.1, 0.15) is 19.3 Å². The van der Waals surface area contributed by atoms with E-state index in [1.165, 1.54) is 0 Å². The first-order chi connectivity index (χ1) is 9.85. The van der Waals surface area contributed by atoms with Crippen molar-refractivity contribution in [3.63, 3.8) is 0 Å². The maximum atomic E-state index is 11.7. The van der Waals surface area contributed by atoms with Gasteiger partial charge < -0.3 is 0 Å². The molecule has 1 fully saturated rings. The lowest BCUT2D eigenvalue weighted by molar-refractivity contribution is -0.136. The van der Waals surface area contributed by atoms with E-state index >= 15 is 0 Å². The van der Waals surface area contributed by atoms with Gasteiger partial charge in [0.15, 0.2) is 0 Å². The van der Waals surface area contributed by atoms with Crippen LogP contribution < -0.4 is 22.4 Å². The van der Waals surface area contributed by atoms with Gasteiger partial charge in [-0.3, -0.25) is 39.8 Å². The smallest absolute Gasteiger partial charge is 0.294 e. The highest BCUT2D eigenvalue weighted by Gasteiger charge is 2.31. The Morgan fingerprint density at radius 2 is 1.95 bits per heavy atom. The third-order valence-electron chi connectivity index (χ3n) is 2.71. The number of nitrogens with one attached hydrogen (secondary N) is 2. The Morgan fingerprint density at radius 1 is 1.29 bits per heavy atom. The summed E-state index contributed by atoms with van der Waals surface area (Å²) in [6, 6.07) is -0.866. The molecule has 0 spiro atoms. The second-order valence-electron chi connectivity index (χ2n) is 4.23. The predicted octanol–water partition coefficient (Wildman–Crippen LogP) is -3.07. The minimum Gasteiger partial charge on any atom is -0.294 e. The number of amides is 6. The fourth-order valence-corrected chi connectivity index (χ4v) is 1.57. The molecule has 21 heavy (non-hydrogen) atoms. The summed E-state index contributed by atoms with van der Waals surface area (Å²) in [5.41, 5.74) is 1.89. The number of nitrogens with zero attached hydrogens (tertiary/aromatic N) is 2. The Labute approximate surface area is 119 Å². The lowest BCUT2D eigenvalue weighted by Crippen LogP contribution is -2.53. The Hall–Kier alpha value is -2.53. The summed E-state index contributed by atoms with van der Waals surface area (Å²) < 4.78 is 0. The van der Waals surface area contributed by atoms with Crippen LogP contribution in [0.5, 0.6) is 0 Å². The van der Waals surface area contributed by atoms with Crippen molar-refractivity contribution in [2.45, 2.75) is 19.3 Å². The van der Waals surface area contributed by atoms with Gasteiger partial charge in [0.25, 0.3) is 0 Å². The van der Waals surface area contributed by atoms with Crippen molar-refractivity contribution in [1.82, 2.24) is 20.7 Å². The summed E-state index contributed by atoms with van der Waals surface area (Å²) in [6.45, 7) is -0.256. The molecule has 1 rings (SSSR count). The molecule has 0 radical (unpaired) electrons. The molecular weight excluding hydrogens is 284 g/mol. The van der Waals surface area contributed by atoms with Crippen LogP contribution in [0.3, 0.4) is 0 Å². The quantitative estimate of drug-likeness (QED) is 0.174. The lowest BCUT2D eigenvalue weighted by Gasteiger charge is -2.25. The van der Waals surface area contributed by atoms with E-state index in [1.807, 2.05) is 10.7 Å². The van der Waals surface area contributed by atoms with Gasteiger partial charge in [0, 0.05) is 25.9 Å². The van der Waals surface area contributed by atoms with Crippen molar-refractivity contribution in [3.05, 3.63) is 0 Å². The molecule has 0 saturated carbocycles. The van der Waals surface area contributed by atoms with Gasteiger partial charge in [0.2, 0.25) is 23.6 Å². The van der Waals surface area contributed by atoms with Gasteiger partial charge in [0.05, 0.1) is 0 Å². The molecule has 0 bridgehead atoms. The average molecular weight is 300 g/mol. The SMILES string of the molecule is NNC(=O)CCN(N)C(=O)CCN1C(=O)CC(=O)NC1=O. The molecule has 0 aromatic carbocycles. The van der Waals surface area contributed by atoms with E-state index in [0.717, 1.165) is 9.91 Å². The molecule has 11 nitrogen and oxygen atoms in total. The monoisotopic (exact) mass is 300 g/mol. The van der Waals surface area contributed by atoms with E-state index in [0.29, 0.717) is 0 Å². The molecule has 6 amide bonds. The first kappa shape index (κ1) is 16.5. The maximum absolute atomic E-state index is 11.7. The zero-order chi connectivity index (χ0) is 16.0. The highest BCUT2D eigenvalue weighted by atomic mass is 16.2. The zero-order valence-electron chi connectivity index (χ0n) is 11.1. The molecule has 1 saturated heterocycles. The number of rotatable bonds is 6. The van der Waals surface area contributed by atoms with Gasteiger partial charge >= 0.3 is 6.03 Å². The fraction of sp³-hybridized carbons (Fsp3) is 0.500. The Morgan fingerprint density at radius 3 is 2.52 bits per heavy atom. The molecule has 6 N–H and O–H groups in total.